The van der Waals surface area contributed by atoms with Crippen molar-refractivity contribution in [1.82, 2.24) is 0 Å². The maximum Gasteiger partial charge on any atom is -1.00 e. The quantitative estimate of drug-likeness (QED) is 0.192. The van der Waals surface area contributed by atoms with Crippen molar-refractivity contribution in [2.75, 3.05) is 0 Å². The standard InChI is InChI=1S/2C26H33.C2H4.2ClH.Zr/c2*1-16-10-22-17(2)12-18(3)24(23(22)11-16)19-13-20(25(4,5)6)15-21(14-19)26(7,8)9;1-2;;;/h2*10-15H,1-9H3;1-2H2;2*1H;/q;;;;;+2/p-2. The van der Waals surface area contributed by atoms with Crippen LogP contribution in [0.25, 0.3) is 34.4 Å². The van der Waals surface area contributed by atoms with Crippen molar-refractivity contribution in [3.63, 3.8) is 0 Å². The second-order valence-corrected chi connectivity index (χ2v) is 33.8. The molecule has 0 aromatic heterocycles. The topological polar surface area (TPSA) is 0 Å². The first-order valence-electron chi connectivity index (χ1n) is 21.2. The summed E-state index contributed by atoms with van der Waals surface area (Å²) in [5.74, 6) is 0. The summed E-state index contributed by atoms with van der Waals surface area (Å²) < 4.78 is 4.20. The van der Waals surface area contributed by atoms with E-state index in [1.165, 1.54) is 86.1 Å². The molecule has 1 aliphatic heterocycles. The van der Waals surface area contributed by atoms with E-state index >= 15 is 0 Å². The third kappa shape index (κ3) is 7.95. The summed E-state index contributed by atoms with van der Waals surface area (Å²) in [4.78, 5) is 0. The number of aryl methyl sites for hydroxylation is 4. The van der Waals surface area contributed by atoms with Crippen LogP contribution in [0, 0.1) is 27.7 Å². The van der Waals surface area contributed by atoms with Crippen LogP contribution in [0.2, 0.25) is 8.26 Å². The molecule has 2 aliphatic carbocycles. The minimum atomic E-state index is -2.91. The van der Waals surface area contributed by atoms with E-state index in [-0.39, 0.29) is 46.5 Å². The number of rotatable bonds is 4. The Labute approximate surface area is 365 Å². The predicted molar refractivity (Wildman–Crippen MR) is 240 cm³/mol. The molecule has 0 radical (unpaired) electrons. The Morgan fingerprint density at radius 2 is 0.684 bits per heavy atom. The SMILES string of the molecule is CC1=Cc2c(-c3cc(C(C)(C)C)cc(C(C)(C)C)c3)c(C)cc(C)c2[CH]1[Zr+2]1([CH]2C(C)=Cc3c(-c4cc(C(C)(C)C)cc(C(C)(C)C)c4)c(C)cc(C)c32)[CH2][CH2]1.[Cl-].[Cl-]. The van der Waals surface area contributed by atoms with Gasteiger partial charge in [-0.1, -0.05) is 0 Å². The molecule has 0 N–H and O–H groups in total. The Balaban J connectivity index is 0.00000310. The van der Waals surface area contributed by atoms with E-state index in [0.29, 0.717) is 7.25 Å². The van der Waals surface area contributed by atoms with Gasteiger partial charge in [-0.15, -0.1) is 0 Å². The number of fused-ring (bicyclic) bond motifs is 2. The second kappa shape index (κ2) is 15.1. The fraction of sp³-hybridized carbons (Fsp3) is 0.481. The van der Waals surface area contributed by atoms with E-state index in [9.17, 15) is 0 Å². The maximum absolute atomic E-state index is 2.91. The average Bonchev–Trinajstić information content (AvgIpc) is 3.62. The van der Waals surface area contributed by atoms with Gasteiger partial charge in [0.25, 0.3) is 0 Å². The summed E-state index contributed by atoms with van der Waals surface area (Å²) in [5.41, 5.74) is 27.4. The van der Waals surface area contributed by atoms with E-state index in [1.54, 1.807) is 22.3 Å². The van der Waals surface area contributed by atoms with Crippen LogP contribution in [-0.2, 0) is 41.9 Å². The Bertz CT molecular complexity index is 2090. The summed E-state index contributed by atoms with van der Waals surface area (Å²) in [5, 5.41) is 0. The molecular formula is C54H70Cl2Zr. The molecule has 3 aliphatic rings. The van der Waals surface area contributed by atoms with Gasteiger partial charge in [-0.3, -0.25) is 0 Å². The number of allylic oxidation sites excluding steroid dienone is 2. The fourth-order valence-corrected chi connectivity index (χ4v) is 28.8. The molecule has 7 rings (SSSR count). The summed E-state index contributed by atoms with van der Waals surface area (Å²) in [6.45, 7) is 43.0. The van der Waals surface area contributed by atoms with Gasteiger partial charge in [0, 0.05) is 0 Å². The van der Waals surface area contributed by atoms with Crippen molar-refractivity contribution in [3.8, 4) is 22.3 Å². The smallest absolute Gasteiger partial charge is 1.00 e. The summed E-state index contributed by atoms with van der Waals surface area (Å²) in [7, 11) is 0. The summed E-state index contributed by atoms with van der Waals surface area (Å²) in [6.07, 6.45) is 5.31. The molecule has 4 aromatic rings. The van der Waals surface area contributed by atoms with Crippen molar-refractivity contribution < 1.29 is 45.1 Å². The molecule has 304 valence electrons. The molecule has 3 heteroatoms. The minimum Gasteiger partial charge on any atom is -1.00 e. The van der Waals surface area contributed by atoms with Crippen molar-refractivity contribution in [3.05, 3.63) is 126 Å². The Morgan fingerprint density at radius 3 is 0.930 bits per heavy atom. The third-order valence-electron chi connectivity index (χ3n) is 13.7. The molecule has 0 amide bonds. The van der Waals surface area contributed by atoms with Crippen LogP contribution in [0.4, 0.5) is 0 Å². The third-order valence-corrected chi connectivity index (χ3v) is 27.1. The Kier molecular flexibility index (Phi) is 12.1. The second-order valence-electron chi connectivity index (χ2n) is 22.4. The zero-order valence-electron chi connectivity index (χ0n) is 38.6. The number of hydrogen-bond donors (Lipinski definition) is 0. The largest absolute Gasteiger partial charge is 1.00 e. The van der Waals surface area contributed by atoms with Crippen molar-refractivity contribution >= 4 is 12.2 Å². The Hall–Kier alpha value is -2.18. The molecule has 1 heterocycles. The van der Waals surface area contributed by atoms with Crippen LogP contribution < -0.4 is 24.8 Å². The molecule has 2 atom stereocenters. The minimum absolute atomic E-state index is 0. The van der Waals surface area contributed by atoms with Crippen LogP contribution in [0.3, 0.4) is 0 Å². The first kappa shape index (κ1) is 45.9. The molecule has 4 aromatic carbocycles. The monoisotopic (exact) mass is 878 g/mol. The van der Waals surface area contributed by atoms with E-state index in [0.717, 1.165) is 0 Å². The van der Waals surface area contributed by atoms with Gasteiger partial charge in [0.2, 0.25) is 0 Å². The zero-order valence-corrected chi connectivity index (χ0v) is 42.6. The van der Waals surface area contributed by atoms with Gasteiger partial charge in [-0.25, -0.2) is 0 Å². The Morgan fingerprint density at radius 1 is 0.404 bits per heavy atom. The normalized spacial score (nSPS) is 18.1. The molecule has 0 saturated carbocycles. The molecule has 2 unspecified atom stereocenters. The van der Waals surface area contributed by atoms with Gasteiger partial charge in [-0.2, -0.15) is 0 Å². The first-order valence-corrected chi connectivity index (χ1v) is 27.5. The van der Waals surface area contributed by atoms with Crippen molar-refractivity contribution in [2.45, 2.75) is 162 Å². The van der Waals surface area contributed by atoms with E-state index in [4.69, 9.17) is 0 Å². The zero-order chi connectivity index (χ0) is 40.5. The number of benzene rings is 4. The van der Waals surface area contributed by atoms with Crippen LogP contribution in [0.1, 0.15) is 171 Å². The van der Waals surface area contributed by atoms with Crippen LogP contribution in [-0.4, -0.2) is 0 Å². The van der Waals surface area contributed by atoms with Crippen LogP contribution in [0.5, 0.6) is 0 Å². The molecular weight excluding hydrogens is 811 g/mol. The van der Waals surface area contributed by atoms with Gasteiger partial charge >= 0.3 is 343 Å². The molecule has 0 spiro atoms. The van der Waals surface area contributed by atoms with Crippen LogP contribution in [0.15, 0.2) is 59.7 Å². The summed E-state index contributed by atoms with van der Waals surface area (Å²) in [6, 6.07) is 20.1. The number of halogens is 2. The van der Waals surface area contributed by atoms with Crippen LogP contribution >= 0.6 is 0 Å². The molecule has 1 saturated heterocycles. The van der Waals surface area contributed by atoms with E-state index in [2.05, 4.69) is 185 Å². The first-order chi connectivity index (χ1) is 25.2. The van der Waals surface area contributed by atoms with E-state index < -0.39 is 20.3 Å². The average molecular weight is 881 g/mol. The van der Waals surface area contributed by atoms with E-state index in [1.807, 2.05) is 0 Å². The van der Waals surface area contributed by atoms with Gasteiger partial charge in [0.15, 0.2) is 0 Å². The van der Waals surface area contributed by atoms with Crippen molar-refractivity contribution in [2.24, 2.45) is 0 Å². The molecule has 1 fully saturated rings. The number of hydrogen-bond acceptors (Lipinski definition) is 0. The van der Waals surface area contributed by atoms with Gasteiger partial charge in [0.05, 0.1) is 0 Å². The maximum atomic E-state index is 2.65. The molecule has 0 bridgehead atoms. The van der Waals surface area contributed by atoms with Gasteiger partial charge < -0.3 is 24.8 Å². The van der Waals surface area contributed by atoms with Crippen molar-refractivity contribution in [1.29, 1.82) is 0 Å². The van der Waals surface area contributed by atoms with Gasteiger partial charge in [0.1, 0.15) is 0 Å². The van der Waals surface area contributed by atoms with Gasteiger partial charge in [-0.05, 0) is 0 Å². The molecule has 0 nitrogen and oxygen atoms in total. The predicted octanol–water partition coefficient (Wildman–Crippen LogP) is 10.1. The molecule has 57 heavy (non-hydrogen) atoms. The summed E-state index contributed by atoms with van der Waals surface area (Å²) >= 11 is -2.91. The fourth-order valence-electron chi connectivity index (χ4n) is 10.6.